The van der Waals surface area contributed by atoms with E-state index in [0.29, 0.717) is 36.4 Å². The standard InChI is InChI=1S/C18H30ClNO3S/c1-4-5-16(3)14-20(12-10-15(2)11-13-21)24(22,23)18-8-6-17(19)7-9-18/h6-9,15-16,21H,4-5,10-14H2,1-3H3/t15-,16?/m1/s1. The Morgan fingerprint density at radius 3 is 2.25 bits per heavy atom. The van der Waals surface area contributed by atoms with Gasteiger partial charge in [-0.05, 0) is 55.4 Å². The molecule has 2 atom stereocenters. The molecule has 1 rings (SSSR count). The zero-order chi connectivity index (χ0) is 18.2. The van der Waals surface area contributed by atoms with Gasteiger partial charge in [-0.15, -0.1) is 0 Å². The summed E-state index contributed by atoms with van der Waals surface area (Å²) in [6.45, 7) is 7.36. The van der Waals surface area contributed by atoms with Gasteiger partial charge in [-0.1, -0.05) is 38.8 Å². The minimum Gasteiger partial charge on any atom is -0.396 e. The minimum absolute atomic E-state index is 0.136. The van der Waals surface area contributed by atoms with Gasteiger partial charge < -0.3 is 5.11 Å². The summed E-state index contributed by atoms with van der Waals surface area (Å²) in [5.74, 6) is 0.602. The molecule has 0 saturated carbocycles. The fourth-order valence-electron chi connectivity index (χ4n) is 2.73. The number of aliphatic hydroxyl groups excluding tert-OH is 1. The van der Waals surface area contributed by atoms with Crippen LogP contribution >= 0.6 is 11.6 Å². The van der Waals surface area contributed by atoms with Crippen LogP contribution in [-0.4, -0.2) is 37.5 Å². The van der Waals surface area contributed by atoms with Gasteiger partial charge in [0, 0.05) is 24.7 Å². The Bertz CT molecular complexity index is 574. The first kappa shape index (κ1) is 21.4. The Balaban J connectivity index is 2.94. The van der Waals surface area contributed by atoms with Gasteiger partial charge in [0.25, 0.3) is 0 Å². The van der Waals surface area contributed by atoms with Crippen LogP contribution in [0, 0.1) is 11.8 Å². The average Bonchev–Trinajstić information content (AvgIpc) is 2.52. The number of sulfonamides is 1. The molecule has 0 aliphatic heterocycles. The molecule has 1 aromatic rings. The predicted octanol–water partition coefficient (Wildman–Crippen LogP) is 4.18. The van der Waals surface area contributed by atoms with Crippen molar-refractivity contribution >= 4 is 21.6 Å². The lowest BCUT2D eigenvalue weighted by Crippen LogP contribution is -2.36. The van der Waals surface area contributed by atoms with E-state index in [1.54, 1.807) is 28.6 Å². The highest BCUT2D eigenvalue weighted by Gasteiger charge is 2.26. The van der Waals surface area contributed by atoms with E-state index in [9.17, 15) is 8.42 Å². The van der Waals surface area contributed by atoms with Gasteiger partial charge in [-0.3, -0.25) is 0 Å². The van der Waals surface area contributed by atoms with Gasteiger partial charge in [0.2, 0.25) is 10.0 Å². The van der Waals surface area contributed by atoms with Crippen molar-refractivity contribution in [1.29, 1.82) is 0 Å². The largest absolute Gasteiger partial charge is 0.396 e. The molecule has 0 saturated heterocycles. The van der Waals surface area contributed by atoms with E-state index < -0.39 is 10.0 Å². The first-order valence-electron chi connectivity index (χ1n) is 8.67. The molecule has 0 aromatic heterocycles. The number of hydrogen-bond donors (Lipinski definition) is 1. The van der Waals surface area contributed by atoms with Crippen LogP contribution in [0.1, 0.15) is 46.5 Å². The summed E-state index contributed by atoms with van der Waals surface area (Å²) >= 11 is 5.87. The van der Waals surface area contributed by atoms with Crippen LogP contribution < -0.4 is 0 Å². The third-order valence-electron chi connectivity index (χ3n) is 4.24. The number of nitrogens with zero attached hydrogens (tertiary/aromatic N) is 1. The highest BCUT2D eigenvalue weighted by atomic mass is 35.5. The molecular weight excluding hydrogens is 346 g/mol. The first-order valence-corrected chi connectivity index (χ1v) is 10.5. The van der Waals surface area contributed by atoms with Crippen LogP contribution in [0.5, 0.6) is 0 Å². The van der Waals surface area contributed by atoms with E-state index >= 15 is 0 Å². The lowest BCUT2D eigenvalue weighted by molar-refractivity contribution is 0.248. The highest BCUT2D eigenvalue weighted by Crippen LogP contribution is 2.22. The summed E-state index contributed by atoms with van der Waals surface area (Å²) in [4.78, 5) is 0.283. The smallest absolute Gasteiger partial charge is 0.243 e. The van der Waals surface area contributed by atoms with Gasteiger partial charge in [0.05, 0.1) is 4.90 Å². The average molecular weight is 376 g/mol. The molecule has 0 bridgehead atoms. The highest BCUT2D eigenvalue weighted by molar-refractivity contribution is 7.89. The third kappa shape index (κ3) is 6.71. The Morgan fingerprint density at radius 1 is 1.08 bits per heavy atom. The van der Waals surface area contributed by atoms with Gasteiger partial charge in [0.15, 0.2) is 0 Å². The van der Waals surface area contributed by atoms with Crippen LogP contribution in [0.4, 0.5) is 0 Å². The number of halogens is 1. The van der Waals surface area contributed by atoms with Gasteiger partial charge in [-0.2, -0.15) is 4.31 Å². The molecule has 1 aromatic carbocycles. The molecule has 0 radical (unpaired) electrons. The predicted molar refractivity (Wildman–Crippen MR) is 99.8 cm³/mol. The number of rotatable bonds is 11. The molecule has 0 amide bonds. The SMILES string of the molecule is CCCC(C)CN(CC[C@@H](C)CCO)S(=O)(=O)c1ccc(Cl)cc1. The van der Waals surface area contributed by atoms with Crippen molar-refractivity contribution in [3.05, 3.63) is 29.3 Å². The summed E-state index contributed by atoms with van der Waals surface area (Å²) in [5, 5.41) is 9.56. The fourth-order valence-corrected chi connectivity index (χ4v) is 4.43. The Morgan fingerprint density at radius 2 is 1.71 bits per heavy atom. The quantitative estimate of drug-likeness (QED) is 0.631. The van der Waals surface area contributed by atoms with E-state index in [-0.39, 0.29) is 11.5 Å². The summed E-state index contributed by atoms with van der Waals surface area (Å²) in [6, 6.07) is 6.34. The summed E-state index contributed by atoms with van der Waals surface area (Å²) in [5.41, 5.74) is 0. The van der Waals surface area contributed by atoms with Crippen molar-refractivity contribution in [2.45, 2.75) is 51.3 Å². The molecule has 1 N–H and O–H groups in total. The van der Waals surface area contributed by atoms with E-state index in [1.165, 1.54) is 0 Å². The third-order valence-corrected chi connectivity index (χ3v) is 6.37. The lowest BCUT2D eigenvalue weighted by Gasteiger charge is -2.26. The number of hydrogen-bond acceptors (Lipinski definition) is 3. The maximum absolute atomic E-state index is 13.0. The van der Waals surface area contributed by atoms with Crippen LogP contribution in [0.2, 0.25) is 5.02 Å². The van der Waals surface area contributed by atoms with Crippen LogP contribution in [0.15, 0.2) is 29.2 Å². The maximum atomic E-state index is 13.0. The minimum atomic E-state index is -3.53. The summed E-state index contributed by atoms with van der Waals surface area (Å²) in [6.07, 6.45) is 3.47. The maximum Gasteiger partial charge on any atom is 0.243 e. The monoisotopic (exact) mass is 375 g/mol. The second kappa shape index (κ2) is 10.4. The summed E-state index contributed by atoms with van der Waals surface area (Å²) in [7, 11) is -3.53. The Kier molecular flexibility index (Phi) is 9.27. The van der Waals surface area contributed by atoms with Crippen LogP contribution in [-0.2, 0) is 10.0 Å². The molecule has 138 valence electrons. The topological polar surface area (TPSA) is 57.6 Å². The Labute approximate surface area is 151 Å². The van der Waals surface area contributed by atoms with E-state index in [1.807, 2.05) is 6.92 Å². The fraction of sp³-hybridized carbons (Fsp3) is 0.667. The second-order valence-corrected chi connectivity index (χ2v) is 8.99. The molecule has 0 aliphatic rings. The molecule has 0 heterocycles. The Hall–Kier alpha value is -0.620. The van der Waals surface area contributed by atoms with E-state index in [4.69, 9.17) is 16.7 Å². The van der Waals surface area contributed by atoms with E-state index in [0.717, 1.165) is 19.3 Å². The van der Waals surface area contributed by atoms with Crippen molar-refractivity contribution in [1.82, 2.24) is 4.31 Å². The van der Waals surface area contributed by atoms with Crippen LogP contribution in [0.25, 0.3) is 0 Å². The molecule has 6 heteroatoms. The van der Waals surface area contributed by atoms with Crippen molar-refractivity contribution in [3.63, 3.8) is 0 Å². The molecular formula is C18H30ClNO3S. The van der Waals surface area contributed by atoms with E-state index in [2.05, 4.69) is 13.8 Å². The molecule has 1 unspecified atom stereocenters. The van der Waals surface area contributed by atoms with Gasteiger partial charge in [0.1, 0.15) is 0 Å². The lowest BCUT2D eigenvalue weighted by atomic mass is 10.0. The molecule has 0 spiro atoms. The molecule has 4 nitrogen and oxygen atoms in total. The van der Waals surface area contributed by atoms with Crippen molar-refractivity contribution in [3.8, 4) is 0 Å². The molecule has 24 heavy (non-hydrogen) atoms. The first-order chi connectivity index (χ1) is 11.3. The zero-order valence-corrected chi connectivity index (χ0v) is 16.5. The van der Waals surface area contributed by atoms with Crippen molar-refractivity contribution < 1.29 is 13.5 Å². The second-order valence-electron chi connectivity index (χ2n) is 6.62. The van der Waals surface area contributed by atoms with Crippen LogP contribution in [0.3, 0.4) is 0 Å². The number of benzene rings is 1. The normalized spacial score (nSPS) is 14.8. The summed E-state index contributed by atoms with van der Waals surface area (Å²) < 4.78 is 27.6. The van der Waals surface area contributed by atoms with Gasteiger partial charge >= 0.3 is 0 Å². The molecule has 0 fully saturated rings. The zero-order valence-electron chi connectivity index (χ0n) is 14.9. The molecule has 0 aliphatic carbocycles. The van der Waals surface area contributed by atoms with Crippen molar-refractivity contribution in [2.24, 2.45) is 11.8 Å². The van der Waals surface area contributed by atoms with Gasteiger partial charge in [-0.25, -0.2) is 8.42 Å². The van der Waals surface area contributed by atoms with Crippen molar-refractivity contribution in [2.75, 3.05) is 19.7 Å². The number of aliphatic hydroxyl groups is 1.